The van der Waals surface area contributed by atoms with Crippen molar-refractivity contribution < 1.29 is 4.79 Å². The highest BCUT2D eigenvalue weighted by Gasteiger charge is 2.25. The van der Waals surface area contributed by atoms with Gasteiger partial charge in [0.15, 0.2) is 0 Å². The van der Waals surface area contributed by atoms with Gasteiger partial charge in [-0.05, 0) is 44.0 Å². The highest BCUT2D eigenvalue weighted by Crippen LogP contribution is 2.23. The largest absolute Gasteiger partial charge is 0.369 e. The van der Waals surface area contributed by atoms with Crippen molar-refractivity contribution in [2.24, 2.45) is 11.1 Å². The summed E-state index contributed by atoms with van der Waals surface area (Å²) in [5.74, 6) is 6.08. The second-order valence-corrected chi connectivity index (χ2v) is 6.11. The third-order valence-corrected chi connectivity index (χ3v) is 4.33. The minimum atomic E-state index is -0.278. The maximum absolute atomic E-state index is 10.7. The molecule has 0 bridgehead atoms. The van der Waals surface area contributed by atoms with E-state index in [9.17, 15) is 4.79 Å². The summed E-state index contributed by atoms with van der Waals surface area (Å²) in [5.41, 5.74) is 8.25. The summed E-state index contributed by atoms with van der Waals surface area (Å²) >= 11 is 0. The van der Waals surface area contributed by atoms with Crippen molar-refractivity contribution in [1.29, 1.82) is 0 Å². The number of nitrogens with two attached hydrogens (primary N) is 1. The van der Waals surface area contributed by atoms with Crippen LogP contribution >= 0.6 is 0 Å². The topological polar surface area (TPSA) is 43.1 Å². The monoisotopic (exact) mass is 321 g/mol. The van der Waals surface area contributed by atoms with Crippen LogP contribution in [0.25, 0.3) is 0 Å². The van der Waals surface area contributed by atoms with Crippen molar-refractivity contribution in [3.8, 4) is 11.8 Å². The van der Waals surface area contributed by atoms with Gasteiger partial charge in [0.25, 0.3) is 0 Å². The van der Waals surface area contributed by atoms with Gasteiger partial charge in [0.05, 0.1) is 0 Å². The van der Waals surface area contributed by atoms with E-state index in [0.717, 1.165) is 24.0 Å². The minimum absolute atomic E-state index is 0.187. The SMILES string of the molecule is CCC(C)(CC)C(N)=O.Cc1ccc(C#Cc2ccccc2)cc1. The lowest BCUT2D eigenvalue weighted by atomic mass is 9.84. The molecule has 2 rings (SSSR count). The second-order valence-electron chi connectivity index (χ2n) is 6.11. The van der Waals surface area contributed by atoms with Crippen LogP contribution in [0.3, 0.4) is 0 Å². The van der Waals surface area contributed by atoms with Gasteiger partial charge in [0.2, 0.25) is 5.91 Å². The van der Waals surface area contributed by atoms with E-state index >= 15 is 0 Å². The maximum atomic E-state index is 10.7. The zero-order valence-electron chi connectivity index (χ0n) is 15.1. The van der Waals surface area contributed by atoms with Crippen LogP contribution in [0.15, 0.2) is 54.6 Å². The number of hydrogen-bond donors (Lipinski definition) is 1. The number of carbonyl (C=O) groups excluding carboxylic acids is 1. The molecule has 1 amide bonds. The second kappa shape index (κ2) is 9.57. The van der Waals surface area contributed by atoms with Crippen molar-refractivity contribution >= 4 is 5.91 Å². The Morgan fingerprint density at radius 3 is 1.75 bits per heavy atom. The molecule has 0 saturated heterocycles. The molecule has 0 spiro atoms. The molecule has 2 aromatic carbocycles. The van der Waals surface area contributed by atoms with Gasteiger partial charge >= 0.3 is 0 Å². The first kappa shape index (κ1) is 19.5. The number of hydrogen-bond acceptors (Lipinski definition) is 1. The van der Waals surface area contributed by atoms with E-state index < -0.39 is 0 Å². The van der Waals surface area contributed by atoms with E-state index in [1.165, 1.54) is 5.56 Å². The summed E-state index contributed by atoms with van der Waals surface area (Å²) in [6, 6.07) is 18.3. The summed E-state index contributed by atoms with van der Waals surface area (Å²) in [4.78, 5) is 10.7. The van der Waals surface area contributed by atoms with Crippen molar-refractivity contribution in [2.45, 2.75) is 40.5 Å². The highest BCUT2D eigenvalue weighted by atomic mass is 16.1. The summed E-state index contributed by atoms with van der Waals surface area (Å²) in [6.45, 7) is 7.94. The zero-order chi connectivity index (χ0) is 18.0. The number of rotatable bonds is 3. The molecule has 0 aliphatic carbocycles. The molecular weight excluding hydrogens is 294 g/mol. The van der Waals surface area contributed by atoms with Gasteiger partial charge in [-0.3, -0.25) is 4.79 Å². The average molecular weight is 321 g/mol. The van der Waals surface area contributed by atoms with Crippen LogP contribution in [0.1, 0.15) is 50.3 Å². The summed E-state index contributed by atoms with van der Waals surface area (Å²) in [5, 5.41) is 0. The molecular formula is C22H27NO. The standard InChI is InChI=1S/C15H12.C7H15NO/c1-13-7-9-15(10-8-13)12-11-14-5-3-2-4-6-14;1-4-7(3,5-2)6(8)9/h2-10H,1H3;4-5H2,1-3H3,(H2,8,9). The predicted octanol–water partition coefficient (Wildman–Crippen LogP) is 4.69. The first-order valence-corrected chi connectivity index (χ1v) is 8.35. The van der Waals surface area contributed by atoms with Crippen LogP contribution in [0.5, 0.6) is 0 Å². The summed E-state index contributed by atoms with van der Waals surface area (Å²) < 4.78 is 0. The van der Waals surface area contributed by atoms with Gasteiger partial charge in [0, 0.05) is 16.5 Å². The molecule has 2 heteroatoms. The Balaban J connectivity index is 0.000000277. The summed E-state index contributed by atoms with van der Waals surface area (Å²) in [6.07, 6.45) is 1.66. The van der Waals surface area contributed by atoms with E-state index in [1.807, 2.05) is 63.2 Å². The molecule has 0 aliphatic heterocycles. The molecule has 2 aromatic rings. The van der Waals surface area contributed by atoms with Gasteiger partial charge in [-0.1, -0.05) is 68.5 Å². The Morgan fingerprint density at radius 2 is 1.38 bits per heavy atom. The van der Waals surface area contributed by atoms with Crippen molar-refractivity contribution in [1.82, 2.24) is 0 Å². The maximum Gasteiger partial charge on any atom is 0.223 e. The molecule has 0 atom stereocenters. The lowest BCUT2D eigenvalue weighted by molar-refractivity contribution is -0.127. The van der Waals surface area contributed by atoms with E-state index in [4.69, 9.17) is 5.73 Å². The molecule has 0 saturated carbocycles. The fourth-order valence-corrected chi connectivity index (χ4v) is 1.90. The van der Waals surface area contributed by atoms with Crippen LogP contribution < -0.4 is 5.73 Å². The van der Waals surface area contributed by atoms with Crippen LogP contribution in [0.2, 0.25) is 0 Å². The Morgan fingerprint density at radius 1 is 0.917 bits per heavy atom. The number of aryl methyl sites for hydroxylation is 1. The van der Waals surface area contributed by atoms with Crippen molar-refractivity contribution in [3.05, 3.63) is 71.3 Å². The van der Waals surface area contributed by atoms with Crippen LogP contribution in [-0.4, -0.2) is 5.91 Å². The molecule has 126 valence electrons. The van der Waals surface area contributed by atoms with Crippen LogP contribution in [0, 0.1) is 24.2 Å². The van der Waals surface area contributed by atoms with Crippen LogP contribution in [-0.2, 0) is 4.79 Å². The predicted molar refractivity (Wildman–Crippen MR) is 101 cm³/mol. The van der Waals surface area contributed by atoms with Crippen molar-refractivity contribution in [3.63, 3.8) is 0 Å². The molecule has 24 heavy (non-hydrogen) atoms. The Labute approximate surface area is 146 Å². The Bertz CT molecular complexity index is 686. The van der Waals surface area contributed by atoms with Crippen LogP contribution in [0.4, 0.5) is 0 Å². The van der Waals surface area contributed by atoms with E-state index in [0.29, 0.717) is 0 Å². The van der Waals surface area contributed by atoms with E-state index in [1.54, 1.807) is 0 Å². The molecule has 0 fully saturated rings. The third-order valence-electron chi connectivity index (χ3n) is 4.33. The third kappa shape index (κ3) is 6.30. The first-order valence-electron chi connectivity index (χ1n) is 8.35. The lowest BCUT2D eigenvalue weighted by Crippen LogP contribution is -2.32. The van der Waals surface area contributed by atoms with Crippen molar-refractivity contribution in [2.75, 3.05) is 0 Å². The number of benzene rings is 2. The van der Waals surface area contributed by atoms with Gasteiger partial charge in [-0.15, -0.1) is 0 Å². The van der Waals surface area contributed by atoms with Gasteiger partial charge < -0.3 is 5.73 Å². The molecule has 0 unspecified atom stereocenters. The number of primary amides is 1. The fraction of sp³-hybridized carbons (Fsp3) is 0.318. The Hall–Kier alpha value is -2.53. The van der Waals surface area contributed by atoms with E-state index in [2.05, 4.69) is 30.9 Å². The first-order chi connectivity index (χ1) is 11.4. The molecule has 0 aliphatic rings. The van der Waals surface area contributed by atoms with Gasteiger partial charge in [-0.2, -0.15) is 0 Å². The normalized spacial score (nSPS) is 10.0. The average Bonchev–Trinajstić information content (AvgIpc) is 2.62. The summed E-state index contributed by atoms with van der Waals surface area (Å²) in [7, 11) is 0. The quantitative estimate of drug-likeness (QED) is 0.819. The van der Waals surface area contributed by atoms with E-state index in [-0.39, 0.29) is 11.3 Å². The molecule has 0 radical (unpaired) electrons. The smallest absolute Gasteiger partial charge is 0.223 e. The molecule has 0 heterocycles. The lowest BCUT2D eigenvalue weighted by Gasteiger charge is -2.21. The van der Waals surface area contributed by atoms with Gasteiger partial charge in [0.1, 0.15) is 0 Å². The number of carbonyl (C=O) groups is 1. The fourth-order valence-electron chi connectivity index (χ4n) is 1.90. The molecule has 0 aromatic heterocycles. The Kier molecular flexibility index (Phi) is 7.79. The number of amides is 1. The molecule has 2 N–H and O–H groups in total. The zero-order valence-corrected chi connectivity index (χ0v) is 15.1. The highest BCUT2D eigenvalue weighted by molar-refractivity contribution is 5.80. The van der Waals surface area contributed by atoms with Gasteiger partial charge in [-0.25, -0.2) is 0 Å². The molecule has 2 nitrogen and oxygen atoms in total. The minimum Gasteiger partial charge on any atom is -0.369 e.